The lowest BCUT2D eigenvalue weighted by atomic mass is 10.3. The second kappa shape index (κ2) is 3.09. The number of benzene rings is 1. The lowest BCUT2D eigenvalue weighted by molar-refractivity contribution is 0.150. The van der Waals surface area contributed by atoms with E-state index in [0.29, 0.717) is 6.54 Å². The summed E-state index contributed by atoms with van der Waals surface area (Å²) in [6, 6.07) is 9.55. The topological polar surface area (TPSA) is 29.5 Å². The molecule has 68 valence electrons. The molecule has 2 rings (SSSR count). The van der Waals surface area contributed by atoms with Crippen LogP contribution in [0, 0.1) is 0 Å². The number of anilines is 1. The molecule has 1 aliphatic rings. The Morgan fingerprint density at radius 2 is 2.08 bits per heavy atom. The van der Waals surface area contributed by atoms with Crippen molar-refractivity contribution >= 4 is 11.8 Å². The van der Waals surface area contributed by atoms with E-state index in [2.05, 4.69) is 0 Å². The van der Waals surface area contributed by atoms with Gasteiger partial charge >= 0.3 is 6.09 Å². The highest BCUT2D eigenvalue weighted by molar-refractivity contribution is 5.89. The van der Waals surface area contributed by atoms with Crippen molar-refractivity contribution in [3.63, 3.8) is 0 Å². The number of carbonyl (C=O) groups is 1. The van der Waals surface area contributed by atoms with Gasteiger partial charge in [-0.05, 0) is 19.1 Å². The molecule has 3 heteroatoms. The molecule has 1 aromatic rings. The van der Waals surface area contributed by atoms with Crippen LogP contribution in [0.5, 0.6) is 0 Å². The first kappa shape index (κ1) is 8.10. The smallest absolute Gasteiger partial charge is 0.414 e. The summed E-state index contributed by atoms with van der Waals surface area (Å²) in [5.41, 5.74) is 0.900. The highest BCUT2D eigenvalue weighted by Gasteiger charge is 2.28. The molecule has 1 atom stereocenters. The summed E-state index contributed by atoms with van der Waals surface area (Å²) in [5.74, 6) is 0. The number of nitrogens with zero attached hydrogens (tertiary/aromatic N) is 1. The van der Waals surface area contributed by atoms with Crippen molar-refractivity contribution in [2.75, 3.05) is 11.4 Å². The monoisotopic (exact) mass is 177 g/mol. The minimum atomic E-state index is -0.251. The average Bonchev–Trinajstić information content (AvgIpc) is 2.47. The maximum Gasteiger partial charge on any atom is 0.414 e. The van der Waals surface area contributed by atoms with Crippen LogP contribution in [0.4, 0.5) is 10.5 Å². The molecular weight excluding hydrogens is 166 g/mol. The number of hydrogen-bond donors (Lipinski definition) is 0. The number of cyclic esters (lactones) is 1. The van der Waals surface area contributed by atoms with Crippen LogP contribution >= 0.6 is 0 Å². The molecule has 0 aliphatic carbocycles. The van der Waals surface area contributed by atoms with Crippen LogP contribution in [0.25, 0.3) is 0 Å². The fourth-order valence-electron chi connectivity index (χ4n) is 1.42. The Kier molecular flexibility index (Phi) is 1.93. The van der Waals surface area contributed by atoms with Crippen molar-refractivity contribution in [1.82, 2.24) is 0 Å². The summed E-state index contributed by atoms with van der Waals surface area (Å²) in [6.07, 6.45) is -0.258. The molecule has 1 saturated heterocycles. The van der Waals surface area contributed by atoms with Crippen LogP contribution in [0.3, 0.4) is 0 Å². The van der Waals surface area contributed by atoms with Gasteiger partial charge in [-0.2, -0.15) is 0 Å². The van der Waals surface area contributed by atoms with Crippen LogP contribution in [-0.2, 0) is 4.74 Å². The Morgan fingerprint density at radius 3 is 2.62 bits per heavy atom. The lowest BCUT2D eigenvalue weighted by Gasteiger charge is -2.11. The summed E-state index contributed by atoms with van der Waals surface area (Å²) in [6.45, 7) is 2.53. The van der Waals surface area contributed by atoms with Gasteiger partial charge in [0.25, 0.3) is 0 Å². The Morgan fingerprint density at radius 1 is 1.38 bits per heavy atom. The molecular formula is C10H11NO2. The van der Waals surface area contributed by atoms with Crippen molar-refractivity contribution in [2.24, 2.45) is 0 Å². The highest BCUT2D eigenvalue weighted by atomic mass is 16.6. The van der Waals surface area contributed by atoms with Gasteiger partial charge in [-0.1, -0.05) is 18.2 Å². The number of ether oxygens (including phenoxy) is 1. The van der Waals surface area contributed by atoms with E-state index in [9.17, 15) is 4.79 Å². The number of hydrogen-bond acceptors (Lipinski definition) is 2. The van der Waals surface area contributed by atoms with E-state index >= 15 is 0 Å². The second-order valence-corrected chi connectivity index (χ2v) is 3.14. The molecule has 3 nitrogen and oxygen atoms in total. The minimum absolute atomic E-state index is 0.00675. The molecule has 0 aromatic heterocycles. The van der Waals surface area contributed by atoms with E-state index in [1.807, 2.05) is 37.3 Å². The number of rotatable bonds is 1. The molecule has 1 aromatic carbocycles. The van der Waals surface area contributed by atoms with Gasteiger partial charge in [-0.15, -0.1) is 0 Å². The summed E-state index contributed by atoms with van der Waals surface area (Å²) >= 11 is 0. The van der Waals surface area contributed by atoms with Gasteiger partial charge in [-0.25, -0.2) is 4.79 Å². The number of amides is 1. The van der Waals surface area contributed by atoms with Crippen LogP contribution < -0.4 is 4.90 Å². The zero-order valence-corrected chi connectivity index (χ0v) is 7.43. The van der Waals surface area contributed by atoms with Crippen molar-refractivity contribution in [1.29, 1.82) is 0 Å². The zero-order chi connectivity index (χ0) is 9.26. The highest BCUT2D eigenvalue weighted by Crippen LogP contribution is 2.20. The van der Waals surface area contributed by atoms with Crippen LogP contribution in [-0.4, -0.2) is 18.7 Å². The van der Waals surface area contributed by atoms with Crippen LogP contribution in [0.1, 0.15) is 6.92 Å². The van der Waals surface area contributed by atoms with E-state index in [4.69, 9.17) is 4.74 Å². The summed E-state index contributed by atoms with van der Waals surface area (Å²) in [7, 11) is 0. The van der Waals surface area contributed by atoms with Gasteiger partial charge in [0, 0.05) is 5.69 Å². The second-order valence-electron chi connectivity index (χ2n) is 3.14. The Balaban J connectivity index is 2.23. The van der Waals surface area contributed by atoms with Crippen molar-refractivity contribution in [3.8, 4) is 0 Å². The van der Waals surface area contributed by atoms with Crippen molar-refractivity contribution in [3.05, 3.63) is 30.3 Å². The molecule has 0 N–H and O–H groups in total. The van der Waals surface area contributed by atoms with Gasteiger partial charge in [0.2, 0.25) is 0 Å². The number of para-hydroxylation sites is 1. The fraction of sp³-hybridized carbons (Fsp3) is 0.300. The number of carbonyl (C=O) groups excluding carboxylic acids is 1. The van der Waals surface area contributed by atoms with Gasteiger partial charge in [0.15, 0.2) is 0 Å². The lowest BCUT2D eigenvalue weighted by Crippen LogP contribution is -2.23. The van der Waals surface area contributed by atoms with Crippen molar-refractivity contribution in [2.45, 2.75) is 13.0 Å². The molecule has 0 bridgehead atoms. The normalized spacial score (nSPS) is 21.8. The summed E-state index contributed by atoms with van der Waals surface area (Å²) in [5, 5.41) is 0. The predicted octanol–water partition coefficient (Wildman–Crippen LogP) is 2.03. The quantitative estimate of drug-likeness (QED) is 0.656. The van der Waals surface area contributed by atoms with Gasteiger partial charge in [-0.3, -0.25) is 4.90 Å². The molecule has 0 saturated carbocycles. The molecule has 0 spiro atoms. The van der Waals surface area contributed by atoms with E-state index in [0.717, 1.165) is 5.69 Å². The third-order valence-electron chi connectivity index (χ3n) is 2.03. The largest absolute Gasteiger partial charge is 0.444 e. The minimum Gasteiger partial charge on any atom is -0.444 e. The standard InChI is InChI=1S/C10H11NO2/c1-8-7-11(10(12)13-8)9-5-3-2-4-6-9/h2-6,8H,7H2,1H3. The summed E-state index contributed by atoms with van der Waals surface area (Å²) in [4.78, 5) is 12.9. The van der Waals surface area contributed by atoms with Gasteiger partial charge in [0.1, 0.15) is 6.10 Å². The molecule has 1 amide bonds. The maximum absolute atomic E-state index is 11.3. The first-order chi connectivity index (χ1) is 6.27. The maximum atomic E-state index is 11.3. The first-order valence-electron chi connectivity index (χ1n) is 4.30. The molecule has 1 heterocycles. The van der Waals surface area contributed by atoms with E-state index in [1.165, 1.54) is 0 Å². The Labute approximate surface area is 76.9 Å². The van der Waals surface area contributed by atoms with Crippen LogP contribution in [0.2, 0.25) is 0 Å². The SMILES string of the molecule is CC1CN(c2ccccc2)C(=O)O1. The molecule has 1 fully saturated rings. The predicted molar refractivity (Wildman–Crippen MR) is 49.7 cm³/mol. The van der Waals surface area contributed by atoms with Crippen LogP contribution in [0.15, 0.2) is 30.3 Å². The zero-order valence-electron chi connectivity index (χ0n) is 7.43. The Bertz CT molecular complexity index is 310. The van der Waals surface area contributed by atoms with Crippen molar-refractivity contribution < 1.29 is 9.53 Å². The van der Waals surface area contributed by atoms with E-state index in [1.54, 1.807) is 4.90 Å². The third kappa shape index (κ3) is 1.49. The molecule has 1 aliphatic heterocycles. The molecule has 0 radical (unpaired) electrons. The Hall–Kier alpha value is -1.51. The third-order valence-corrected chi connectivity index (χ3v) is 2.03. The van der Waals surface area contributed by atoms with Gasteiger partial charge in [0.05, 0.1) is 6.54 Å². The van der Waals surface area contributed by atoms with E-state index < -0.39 is 0 Å². The average molecular weight is 177 g/mol. The fourth-order valence-corrected chi connectivity index (χ4v) is 1.42. The van der Waals surface area contributed by atoms with E-state index in [-0.39, 0.29) is 12.2 Å². The van der Waals surface area contributed by atoms with Gasteiger partial charge < -0.3 is 4.74 Å². The molecule has 1 unspecified atom stereocenters. The first-order valence-corrected chi connectivity index (χ1v) is 4.30. The summed E-state index contributed by atoms with van der Waals surface area (Å²) < 4.78 is 5.02. The molecule has 13 heavy (non-hydrogen) atoms.